The number of nitrogens with one attached hydrogen (secondary N) is 3. The standard InChI is InChI=1S/C24H31N3O3/c1-16-11-17(2)23(18(3)12-16)25-24(28)19(4)27-9-7-26(8-10-27)14-20-5-6-21-22(13-20)30-15-29-21/h5-6,11-13,19H,7-10,14-15H2,1-4H3,(H,25,28)/p+2/t19-/m1/s1. The van der Waals surface area contributed by atoms with Crippen molar-refractivity contribution in [3.05, 3.63) is 52.6 Å². The SMILES string of the molecule is Cc1cc(C)c(NC(=O)[C@@H](C)[NH+]2CC[NH+](Cc3ccc4c(c3)OCO4)CC2)c(C)c1. The molecule has 6 heteroatoms. The number of carbonyl (C=O) groups excluding carboxylic acids is 1. The van der Waals surface area contributed by atoms with Gasteiger partial charge in [0, 0.05) is 11.3 Å². The molecule has 0 bridgehead atoms. The van der Waals surface area contributed by atoms with Crippen LogP contribution in [-0.4, -0.2) is 44.9 Å². The molecule has 30 heavy (non-hydrogen) atoms. The van der Waals surface area contributed by atoms with E-state index in [1.54, 1.807) is 4.90 Å². The van der Waals surface area contributed by atoms with Crippen molar-refractivity contribution in [2.24, 2.45) is 0 Å². The highest BCUT2D eigenvalue weighted by molar-refractivity contribution is 5.95. The zero-order valence-corrected chi connectivity index (χ0v) is 18.4. The van der Waals surface area contributed by atoms with Gasteiger partial charge in [-0.1, -0.05) is 17.7 Å². The predicted molar refractivity (Wildman–Crippen MR) is 116 cm³/mol. The average molecular weight is 412 g/mol. The van der Waals surface area contributed by atoms with E-state index in [0.717, 1.165) is 61.0 Å². The van der Waals surface area contributed by atoms with Gasteiger partial charge < -0.3 is 24.6 Å². The Morgan fingerprint density at radius 2 is 1.67 bits per heavy atom. The minimum absolute atomic E-state index is 0.0582. The molecule has 2 aromatic rings. The molecule has 1 amide bonds. The van der Waals surface area contributed by atoms with Gasteiger partial charge in [-0.05, 0) is 57.0 Å². The molecule has 1 saturated heterocycles. The molecule has 2 aliphatic rings. The molecule has 0 aliphatic carbocycles. The third kappa shape index (κ3) is 4.45. The highest BCUT2D eigenvalue weighted by atomic mass is 16.7. The number of amides is 1. The van der Waals surface area contributed by atoms with Gasteiger partial charge in [-0.3, -0.25) is 4.79 Å². The molecule has 2 aromatic carbocycles. The van der Waals surface area contributed by atoms with Crippen LogP contribution in [0.25, 0.3) is 0 Å². The van der Waals surface area contributed by atoms with E-state index in [4.69, 9.17) is 9.47 Å². The van der Waals surface area contributed by atoms with Crippen molar-refractivity contribution >= 4 is 11.6 Å². The molecule has 160 valence electrons. The first kappa shape index (κ1) is 20.7. The fourth-order valence-electron chi connectivity index (χ4n) is 4.67. The lowest BCUT2D eigenvalue weighted by molar-refractivity contribution is -1.02. The molecule has 2 heterocycles. The molecule has 4 rings (SSSR count). The number of rotatable bonds is 5. The number of ether oxygens (including phenoxy) is 2. The summed E-state index contributed by atoms with van der Waals surface area (Å²) in [7, 11) is 0. The predicted octanol–water partition coefficient (Wildman–Crippen LogP) is 0.651. The normalized spacial score (nSPS) is 21.3. The lowest BCUT2D eigenvalue weighted by Gasteiger charge is -2.32. The van der Waals surface area contributed by atoms with Gasteiger partial charge in [0.2, 0.25) is 6.79 Å². The second kappa shape index (κ2) is 8.66. The first-order valence-electron chi connectivity index (χ1n) is 10.9. The second-order valence-electron chi connectivity index (χ2n) is 8.76. The molecule has 2 aliphatic heterocycles. The van der Waals surface area contributed by atoms with Crippen LogP contribution in [-0.2, 0) is 11.3 Å². The third-order valence-corrected chi connectivity index (χ3v) is 6.42. The van der Waals surface area contributed by atoms with Gasteiger partial charge >= 0.3 is 0 Å². The Morgan fingerprint density at radius 1 is 1.00 bits per heavy atom. The van der Waals surface area contributed by atoms with Gasteiger partial charge in [0.05, 0.1) is 0 Å². The lowest BCUT2D eigenvalue weighted by atomic mass is 10.0. The number of benzene rings is 2. The highest BCUT2D eigenvalue weighted by Crippen LogP contribution is 2.32. The highest BCUT2D eigenvalue weighted by Gasteiger charge is 2.31. The Labute approximate surface area is 178 Å². The Balaban J connectivity index is 1.31. The molecule has 0 radical (unpaired) electrons. The first-order chi connectivity index (χ1) is 14.4. The minimum atomic E-state index is -0.0582. The van der Waals surface area contributed by atoms with Crippen molar-refractivity contribution in [1.29, 1.82) is 0 Å². The number of fused-ring (bicyclic) bond motifs is 1. The largest absolute Gasteiger partial charge is 0.454 e. The average Bonchev–Trinajstić information content (AvgIpc) is 3.18. The zero-order chi connectivity index (χ0) is 21.3. The maximum absolute atomic E-state index is 12.9. The topological polar surface area (TPSA) is 56.4 Å². The number of aryl methyl sites for hydroxylation is 3. The van der Waals surface area contributed by atoms with E-state index in [-0.39, 0.29) is 11.9 Å². The Hall–Kier alpha value is -2.57. The van der Waals surface area contributed by atoms with Gasteiger partial charge in [0.1, 0.15) is 32.7 Å². The van der Waals surface area contributed by atoms with Crippen LogP contribution in [0.4, 0.5) is 5.69 Å². The summed E-state index contributed by atoms with van der Waals surface area (Å²) >= 11 is 0. The molecule has 1 atom stereocenters. The van der Waals surface area contributed by atoms with Crippen LogP contribution in [0.15, 0.2) is 30.3 Å². The molecule has 6 nitrogen and oxygen atoms in total. The summed E-state index contributed by atoms with van der Waals surface area (Å²) in [5.41, 5.74) is 5.71. The third-order valence-electron chi connectivity index (χ3n) is 6.42. The van der Waals surface area contributed by atoms with E-state index >= 15 is 0 Å². The van der Waals surface area contributed by atoms with Gasteiger partial charge in [0.15, 0.2) is 17.5 Å². The summed E-state index contributed by atoms with van der Waals surface area (Å²) in [6.07, 6.45) is 0. The van der Waals surface area contributed by atoms with Crippen LogP contribution in [0.5, 0.6) is 11.5 Å². The number of anilines is 1. The Kier molecular flexibility index (Phi) is 5.97. The van der Waals surface area contributed by atoms with Gasteiger partial charge in [-0.2, -0.15) is 0 Å². The second-order valence-corrected chi connectivity index (χ2v) is 8.76. The summed E-state index contributed by atoms with van der Waals surface area (Å²) in [5, 5.41) is 3.19. The molecule has 1 fully saturated rings. The van der Waals surface area contributed by atoms with Crippen molar-refractivity contribution in [2.75, 3.05) is 38.3 Å². The van der Waals surface area contributed by atoms with E-state index in [2.05, 4.69) is 50.4 Å². The van der Waals surface area contributed by atoms with E-state index in [9.17, 15) is 4.79 Å². The molecule has 0 saturated carbocycles. The molecular weight excluding hydrogens is 378 g/mol. The van der Waals surface area contributed by atoms with E-state index in [0.29, 0.717) is 6.79 Å². The summed E-state index contributed by atoms with van der Waals surface area (Å²) < 4.78 is 10.9. The Morgan fingerprint density at radius 3 is 2.37 bits per heavy atom. The summed E-state index contributed by atoms with van der Waals surface area (Å²) in [6, 6.07) is 10.4. The number of quaternary nitrogens is 2. The van der Waals surface area contributed by atoms with Crippen LogP contribution in [0.3, 0.4) is 0 Å². The van der Waals surface area contributed by atoms with Crippen LogP contribution in [0.2, 0.25) is 0 Å². The first-order valence-corrected chi connectivity index (χ1v) is 10.9. The minimum Gasteiger partial charge on any atom is -0.454 e. The monoisotopic (exact) mass is 411 g/mol. The summed E-state index contributed by atoms with van der Waals surface area (Å²) in [6.45, 7) is 13.7. The molecular formula is C24H33N3O3+2. The smallest absolute Gasteiger partial charge is 0.282 e. The molecule has 0 aromatic heterocycles. The number of carbonyl (C=O) groups is 1. The zero-order valence-electron chi connectivity index (χ0n) is 18.4. The fraction of sp³-hybridized carbons (Fsp3) is 0.458. The van der Waals surface area contributed by atoms with Gasteiger partial charge in [-0.15, -0.1) is 0 Å². The maximum Gasteiger partial charge on any atom is 0.282 e. The quantitative estimate of drug-likeness (QED) is 0.677. The van der Waals surface area contributed by atoms with Crippen LogP contribution < -0.4 is 24.6 Å². The fourth-order valence-corrected chi connectivity index (χ4v) is 4.67. The summed E-state index contributed by atoms with van der Waals surface area (Å²) in [5.74, 6) is 1.80. The Bertz CT molecular complexity index is 912. The van der Waals surface area contributed by atoms with Gasteiger partial charge in [-0.25, -0.2) is 0 Å². The maximum atomic E-state index is 12.9. The number of hydrogen-bond acceptors (Lipinski definition) is 3. The van der Waals surface area contributed by atoms with Crippen molar-refractivity contribution in [1.82, 2.24) is 0 Å². The van der Waals surface area contributed by atoms with E-state index in [1.807, 2.05) is 13.0 Å². The number of hydrogen-bond donors (Lipinski definition) is 3. The van der Waals surface area contributed by atoms with Crippen LogP contribution >= 0.6 is 0 Å². The van der Waals surface area contributed by atoms with Crippen LogP contribution in [0.1, 0.15) is 29.2 Å². The van der Waals surface area contributed by atoms with Crippen molar-refractivity contribution in [3.63, 3.8) is 0 Å². The molecule has 3 N–H and O–H groups in total. The van der Waals surface area contributed by atoms with Crippen molar-refractivity contribution in [3.8, 4) is 11.5 Å². The van der Waals surface area contributed by atoms with Gasteiger partial charge in [0.25, 0.3) is 5.91 Å². The van der Waals surface area contributed by atoms with Crippen LogP contribution in [0, 0.1) is 20.8 Å². The van der Waals surface area contributed by atoms with E-state index in [1.165, 1.54) is 16.0 Å². The lowest BCUT2D eigenvalue weighted by Crippen LogP contribution is -3.29. The van der Waals surface area contributed by atoms with Crippen molar-refractivity contribution < 1.29 is 24.1 Å². The molecule has 0 spiro atoms. The van der Waals surface area contributed by atoms with Crippen molar-refractivity contribution in [2.45, 2.75) is 40.3 Å². The molecule has 0 unspecified atom stereocenters. The number of piperazine rings is 1. The summed E-state index contributed by atoms with van der Waals surface area (Å²) in [4.78, 5) is 15.8. The van der Waals surface area contributed by atoms with E-state index < -0.39 is 0 Å².